The Kier molecular flexibility index (Phi) is 9.07. The molecule has 0 aliphatic heterocycles. The Morgan fingerprint density at radius 2 is 1.60 bits per heavy atom. The van der Waals surface area contributed by atoms with Gasteiger partial charge >= 0.3 is 0 Å². The normalized spacial score (nSPS) is 11.1. The third kappa shape index (κ3) is 13.9. The molecule has 0 N–H and O–H groups in total. The molecule has 0 aromatic heterocycles. The fourth-order valence-electron chi connectivity index (χ4n) is 1.49. The Bertz CT molecular complexity index is 197. The van der Waals surface area contributed by atoms with Crippen LogP contribution in [0.1, 0.15) is 38.5 Å². The molecule has 0 atom stereocenters. The summed E-state index contributed by atoms with van der Waals surface area (Å²) < 4.78 is 0. The maximum absolute atomic E-state index is 9.77. The van der Waals surface area contributed by atoms with Gasteiger partial charge in [-0.15, -0.1) is 0 Å². The highest BCUT2D eigenvalue weighted by molar-refractivity contribution is 7.19. The van der Waals surface area contributed by atoms with Gasteiger partial charge in [-0.2, -0.15) is 11.1 Å². The van der Waals surface area contributed by atoms with Crippen LogP contribution in [0.2, 0.25) is 19.1 Å². The Hall–Kier alpha value is -0.113. The Labute approximate surface area is 98.8 Å². The van der Waals surface area contributed by atoms with Crippen molar-refractivity contribution in [3.05, 3.63) is 0 Å². The molecule has 0 aliphatic carbocycles. The van der Waals surface area contributed by atoms with E-state index in [9.17, 15) is 4.79 Å². The van der Waals surface area contributed by atoms with E-state index >= 15 is 0 Å². The van der Waals surface area contributed by atoms with E-state index in [1.807, 2.05) is 0 Å². The summed E-state index contributed by atoms with van der Waals surface area (Å²) in [6, 6.07) is 1.23. The zero-order valence-electron chi connectivity index (χ0n) is 9.89. The molecule has 0 spiro atoms. The van der Waals surface area contributed by atoms with Gasteiger partial charge < -0.3 is 0 Å². The standard InChI is InChI=1S/C11H22ClNOSi/c1-15(2,12)10-8-6-4-3-5-7-9-13-11-14/h3-10H2,1-2H3. The lowest BCUT2D eigenvalue weighted by molar-refractivity contribution is 0.560. The summed E-state index contributed by atoms with van der Waals surface area (Å²) in [6.45, 7) is 5.04. The minimum absolute atomic E-state index is 0.644. The second-order valence-electron chi connectivity index (χ2n) is 4.56. The van der Waals surface area contributed by atoms with Crippen LogP contribution >= 0.6 is 11.1 Å². The van der Waals surface area contributed by atoms with Gasteiger partial charge in [0.1, 0.15) is 7.38 Å². The molecule has 0 aliphatic rings. The van der Waals surface area contributed by atoms with Crippen LogP contribution in [0.3, 0.4) is 0 Å². The van der Waals surface area contributed by atoms with Crippen molar-refractivity contribution in [2.45, 2.75) is 57.7 Å². The molecule has 0 saturated carbocycles. The first-order chi connectivity index (χ1) is 7.06. The molecule has 0 saturated heterocycles. The molecule has 0 unspecified atom stereocenters. The van der Waals surface area contributed by atoms with E-state index < -0.39 is 7.38 Å². The third-order valence-corrected chi connectivity index (χ3v) is 4.47. The van der Waals surface area contributed by atoms with E-state index in [1.54, 1.807) is 6.08 Å². The fourth-order valence-corrected chi connectivity index (χ4v) is 2.98. The van der Waals surface area contributed by atoms with Gasteiger partial charge in [0.25, 0.3) is 0 Å². The fraction of sp³-hybridized carbons (Fsp3) is 0.909. The van der Waals surface area contributed by atoms with Crippen molar-refractivity contribution >= 4 is 24.5 Å². The number of halogens is 1. The van der Waals surface area contributed by atoms with Crippen LogP contribution in [0.4, 0.5) is 0 Å². The number of carbonyl (C=O) groups excluding carboxylic acids is 1. The molecule has 4 heteroatoms. The molecule has 2 nitrogen and oxygen atoms in total. The molecule has 0 rings (SSSR count). The van der Waals surface area contributed by atoms with Crippen LogP contribution in [0, 0.1) is 0 Å². The lowest BCUT2D eigenvalue weighted by atomic mass is 10.1. The molecule has 15 heavy (non-hydrogen) atoms. The van der Waals surface area contributed by atoms with E-state index in [4.69, 9.17) is 11.1 Å². The van der Waals surface area contributed by atoms with Gasteiger partial charge in [0.05, 0.1) is 6.54 Å². The van der Waals surface area contributed by atoms with E-state index in [-0.39, 0.29) is 0 Å². The number of isocyanates is 1. The van der Waals surface area contributed by atoms with Crippen LogP contribution in [-0.2, 0) is 4.79 Å². The average Bonchev–Trinajstić information content (AvgIpc) is 2.14. The lowest BCUT2D eigenvalue weighted by Crippen LogP contribution is -2.14. The van der Waals surface area contributed by atoms with Gasteiger partial charge in [-0.3, -0.25) is 0 Å². The molecule has 0 fully saturated rings. The van der Waals surface area contributed by atoms with Crippen molar-refractivity contribution in [1.82, 2.24) is 0 Å². The van der Waals surface area contributed by atoms with Crippen molar-refractivity contribution in [2.75, 3.05) is 6.54 Å². The van der Waals surface area contributed by atoms with Gasteiger partial charge in [-0.1, -0.05) is 45.2 Å². The summed E-state index contributed by atoms with van der Waals surface area (Å²) in [5.41, 5.74) is 0. The Morgan fingerprint density at radius 1 is 1.07 bits per heavy atom. The molecule has 0 heterocycles. The number of unbranched alkanes of at least 4 members (excludes halogenated alkanes) is 5. The van der Waals surface area contributed by atoms with Gasteiger partial charge in [0.2, 0.25) is 6.08 Å². The Balaban J connectivity index is 3.08. The largest absolute Gasteiger partial charge is 0.234 e. The highest BCUT2D eigenvalue weighted by Crippen LogP contribution is 2.19. The van der Waals surface area contributed by atoms with Crippen LogP contribution in [0.15, 0.2) is 4.99 Å². The zero-order chi connectivity index (χ0) is 11.6. The Morgan fingerprint density at radius 3 is 2.13 bits per heavy atom. The molecule has 0 aromatic carbocycles. The predicted molar refractivity (Wildman–Crippen MR) is 68.8 cm³/mol. The van der Waals surface area contributed by atoms with Crippen LogP contribution < -0.4 is 0 Å². The molecule has 0 aromatic rings. The quantitative estimate of drug-likeness (QED) is 0.198. The van der Waals surface area contributed by atoms with E-state index in [0.29, 0.717) is 6.54 Å². The van der Waals surface area contributed by atoms with Crippen LogP contribution in [-0.4, -0.2) is 20.0 Å². The summed E-state index contributed by atoms with van der Waals surface area (Å²) in [4.78, 5) is 13.3. The highest BCUT2D eigenvalue weighted by atomic mass is 35.6. The molecule has 0 bridgehead atoms. The van der Waals surface area contributed by atoms with Crippen LogP contribution in [0.5, 0.6) is 0 Å². The van der Waals surface area contributed by atoms with Crippen molar-refractivity contribution in [1.29, 1.82) is 0 Å². The van der Waals surface area contributed by atoms with Gasteiger partial charge in [-0.25, -0.2) is 9.79 Å². The maximum atomic E-state index is 9.77. The molecular weight excluding hydrogens is 226 g/mol. The van der Waals surface area contributed by atoms with E-state index in [2.05, 4.69) is 18.1 Å². The second kappa shape index (κ2) is 9.14. The highest BCUT2D eigenvalue weighted by Gasteiger charge is 2.15. The number of hydrogen-bond acceptors (Lipinski definition) is 2. The summed E-state index contributed by atoms with van der Waals surface area (Å²) in [6.07, 6.45) is 8.85. The first-order valence-corrected chi connectivity index (χ1v) is 10.0. The van der Waals surface area contributed by atoms with E-state index in [0.717, 1.165) is 6.42 Å². The SMILES string of the molecule is C[Si](C)(Cl)CCCCCCCCN=C=O. The van der Waals surface area contributed by atoms with Gasteiger partial charge in [0.15, 0.2) is 0 Å². The number of hydrogen-bond donors (Lipinski definition) is 0. The van der Waals surface area contributed by atoms with Gasteiger partial charge in [-0.05, 0) is 12.5 Å². The maximum Gasteiger partial charge on any atom is 0.234 e. The summed E-state index contributed by atoms with van der Waals surface area (Å²) in [5, 5.41) is 0. The smallest absolute Gasteiger partial charge is 0.211 e. The number of rotatable bonds is 9. The topological polar surface area (TPSA) is 29.4 Å². The lowest BCUT2D eigenvalue weighted by Gasteiger charge is -2.11. The predicted octanol–water partition coefficient (Wildman–Crippen LogP) is 4.11. The first-order valence-electron chi connectivity index (χ1n) is 5.79. The summed E-state index contributed by atoms with van der Waals surface area (Å²) >= 11 is 6.22. The minimum atomic E-state index is -1.33. The molecule has 0 amide bonds. The summed E-state index contributed by atoms with van der Waals surface area (Å²) in [5.74, 6) is 0. The van der Waals surface area contributed by atoms with E-state index in [1.165, 1.54) is 38.1 Å². The van der Waals surface area contributed by atoms with Crippen molar-refractivity contribution < 1.29 is 4.79 Å². The van der Waals surface area contributed by atoms with Crippen molar-refractivity contribution in [2.24, 2.45) is 4.99 Å². The number of aliphatic imine (C=N–C) groups is 1. The summed E-state index contributed by atoms with van der Waals surface area (Å²) in [7, 11) is -1.33. The molecule has 0 radical (unpaired) electrons. The third-order valence-electron chi connectivity index (χ3n) is 2.36. The number of nitrogens with zero attached hydrogens (tertiary/aromatic N) is 1. The van der Waals surface area contributed by atoms with Crippen molar-refractivity contribution in [3.8, 4) is 0 Å². The van der Waals surface area contributed by atoms with Crippen LogP contribution in [0.25, 0.3) is 0 Å². The zero-order valence-corrected chi connectivity index (χ0v) is 11.6. The molecular formula is C11H22ClNOSi. The second-order valence-corrected chi connectivity index (χ2v) is 11.6. The monoisotopic (exact) mass is 247 g/mol. The minimum Gasteiger partial charge on any atom is -0.211 e. The van der Waals surface area contributed by atoms with Gasteiger partial charge in [0, 0.05) is 0 Å². The average molecular weight is 248 g/mol. The first kappa shape index (κ1) is 14.9. The van der Waals surface area contributed by atoms with Crippen molar-refractivity contribution in [3.63, 3.8) is 0 Å². The molecule has 88 valence electrons.